The van der Waals surface area contributed by atoms with E-state index in [4.69, 9.17) is 9.84 Å². The zero-order chi connectivity index (χ0) is 13.3. The zero-order valence-electron chi connectivity index (χ0n) is 10.4. The van der Waals surface area contributed by atoms with Crippen molar-refractivity contribution in [2.45, 2.75) is 44.4 Å². The van der Waals surface area contributed by atoms with Crippen LogP contribution in [-0.2, 0) is 4.74 Å². The Hall–Kier alpha value is -0.330. The second kappa shape index (κ2) is 5.12. The Kier molecular flexibility index (Phi) is 4.43. The van der Waals surface area contributed by atoms with Gasteiger partial charge in [-0.2, -0.15) is 0 Å². The average molecular weight is 310 g/mol. The number of carbonyl (C=O) groups excluding carboxylic acids is 1. The topological polar surface area (TPSA) is 78.8 Å². The van der Waals surface area contributed by atoms with Crippen LogP contribution >= 0.6 is 15.9 Å². The van der Waals surface area contributed by atoms with Crippen LogP contribution in [-0.4, -0.2) is 45.5 Å². The first-order valence-corrected chi connectivity index (χ1v) is 6.72. The Balaban J connectivity index is 2.53. The lowest BCUT2D eigenvalue weighted by atomic mass is 10.1. The van der Waals surface area contributed by atoms with Gasteiger partial charge in [0, 0.05) is 11.2 Å². The Morgan fingerprint density at radius 2 is 2.24 bits per heavy atom. The van der Waals surface area contributed by atoms with Crippen LogP contribution in [0.15, 0.2) is 0 Å². The van der Waals surface area contributed by atoms with Crippen molar-refractivity contribution in [3.8, 4) is 0 Å². The molecule has 5 nitrogen and oxygen atoms in total. The first kappa shape index (κ1) is 14.7. The molecular formula is C11H20BrNO4. The van der Waals surface area contributed by atoms with Gasteiger partial charge in [-0.05, 0) is 27.2 Å². The van der Waals surface area contributed by atoms with Gasteiger partial charge in [0.25, 0.3) is 0 Å². The largest absolute Gasteiger partial charge is 0.444 e. The lowest BCUT2D eigenvalue weighted by Crippen LogP contribution is -2.44. The fraction of sp³-hybridized carbons (Fsp3) is 0.909. The molecule has 0 bridgehead atoms. The number of carbonyl (C=O) groups is 1. The minimum absolute atomic E-state index is 0.126. The first-order valence-electron chi connectivity index (χ1n) is 5.60. The number of nitrogens with one attached hydrogen (secondary N) is 1. The second-order valence-electron chi connectivity index (χ2n) is 5.48. The first-order chi connectivity index (χ1) is 7.74. The van der Waals surface area contributed by atoms with Crippen molar-refractivity contribution >= 4 is 22.0 Å². The van der Waals surface area contributed by atoms with Crippen LogP contribution in [0.2, 0.25) is 0 Å². The predicted molar refractivity (Wildman–Crippen MR) is 67.1 cm³/mol. The van der Waals surface area contributed by atoms with Gasteiger partial charge < -0.3 is 20.3 Å². The molecule has 1 fully saturated rings. The zero-order valence-corrected chi connectivity index (χ0v) is 12.0. The number of alkyl carbamates (subject to hydrolysis) is 1. The highest BCUT2D eigenvalue weighted by molar-refractivity contribution is 9.09. The third-order valence-electron chi connectivity index (χ3n) is 2.77. The molecule has 1 amide bonds. The van der Waals surface area contributed by atoms with Gasteiger partial charge in [-0.25, -0.2) is 4.79 Å². The summed E-state index contributed by atoms with van der Waals surface area (Å²) in [6.45, 7) is 5.08. The van der Waals surface area contributed by atoms with E-state index in [0.29, 0.717) is 11.8 Å². The van der Waals surface area contributed by atoms with Crippen LogP contribution in [0, 0.1) is 5.92 Å². The summed E-state index contributed by atoms with van der Waals surface area (Å²) in [6.07, 6.45) is -0.661. The lowest BCUT2D eigenvalue weighted by molar-refractivity contribution is 0.0452. The molecule has 6 heteroatoms. The van der Waals surface area contributed by atoms with Crippen LogP contribution in [0.25, 0.3) is 0 Å². The molecule has 1 rings (SSSR count). The van der Waals surface area contributed by atoms with Gasteiger partial charge in [-0.1, -0.05) is 15.9 Å². The van der Waals surface area contributed by atoms with Crippen molar-refractivity contribution in [2.24, 2.45) is 5.92 Å². The summed E-state index contributed by atoms with van der Waals surface area (Å²) in [5.41, 5.74) is -1.04. The van der Waals surface area contributed by atoms with E-state index >= 15 is 0 Å². The molecule has 1 aliphatic carbocycles. The number of halogens is 1. The SMILES string of the molecule is CC(C)(C)OC(=O)N[C@@]1(CBr)C[C@H]1[C@H](O)CO. The van der Waals surface area contributed by atoms with Crippen molar-refractivity contribution in [1.82, 2.24) is 5.32 Å². The van der Waals surface area contributed by atoms with Gasteiger partial charge in [-0.3, -0.25) is 0 Å². The summed E-state index contributed by atoms with van der Waals surface area (Å²) >= 11 is 3.32. The number of aliphatic hydroxyl groups excluding tert-OH is 2. The number of ether oxygens (including phenoxy) is 1. The molecule has 0 saturated heterocycles. The van der Waals surface area contributed by atoms with Crippen LogP contribution in [0.4, 0.5) is 4.79 Å². The second-order valence-corrected chi connectivity index (χ2v) is 6.04. The molecule has 100 valence electrons. The molecule has 3 atom stereocenters. The van der Waals surface area contributed by atoms with E-state index in [1.807, 2.05) is 0 Å². The van der Waals surface area contributed by atoms with Crippen LogP contribution in [0.3, 0.4) is 0 Å². The lowest BCUT2D eigenvalue weighted by Gasteiger charge is -2.23. The van der Waals surface area contributed by atoms with Gasteiger partial charge in [0.1, 0.15) is 5.60 Å². The normalized spacial score (nSPS) is 29.6. The maximum Gasteiger partial charge on any atom is 0.408 e. The highest BCUT2D eigenvalue weighted by Gasteiger charge is 2.58. The Labute approximate surface area is 110 Å². The van der Waals surface area contributed by atoms with Crippen molar-refractivity contribution in [3.63, 3.8) is 0 Å². The molecular weight excluding hydrogens is 290 g/mol. The van der Waals surface area contributed by atoms with E-state index in [1.54, 1.807) is 20.8 Å². The fourth-order valence-electron chi connectivity index (χ4n) is 1.80. The number of hydrogen-bond donors (Lipinski definition) is 3. The quantitative estimate of drug-likeness (QED) is 0.677. The molecule has 1 saturated carbocycles. The maximum absolute atomic E-state index is 11.6. The Morgan fingerprint density at radius 3 is 2.65 bits per heavy atom. The average Bonchev–Trinajstić information content (AvgIpc) is 2.89. The number of alkyl halides is 1. The van der Waals surface area contributed by atoms with Gasteiger partial charge in [-0.15, -0.1) is 0 Å². The smallest absolute Gasteiger partial charge is 0.408 e. The number of aliphatic hydroxyl groups is 2. The minimum atomic E-state index is -0.803. The molecule has 0 aromatic carbocycles. The van der Waals surface area contributed by atoms with E-state index < -0.39 is 23.3 Å². The monoisotopic (exact) mass is 309 g/mol. The molecule has 0 aromatic heterocycles. The van der Waals surface area contributed by atoms with Crippen LogP contribution in [0.1, 0.15) is 27.2 Å². The summed E-state index contributed by atoms with van der Waals surface area (Å²) in [5, 5.41) is 21.7. The highest BCUT2D eigenvalue weighted by atomic mass is 79.9. The molecule has 0 radical (unpaired) electrons. The van der Waals surface area contributed by atoms with Gasteiger partial charge in [0.05, 0.1) is 18.2 Å². The fourth-order valence-corrected chi connectivity index (χ4v) is 2.59. The summed E-state index contributed by atoms with van der Waals surface area (Å²) in [5.74, 6) is -0.126. The van der Waals surface area contributed by atoms with Gasteiger partial charge >= 0.3 is 6.09 Å². The van der Waals surface area contributed by atoms with Crippen molar-refractivity contribution in [2.75, 3.05) is 11.9 Å². The maximum atomic E-state index is 11.6. The number of amides is 1. The number of rotatable bonds is 4. The van der Waals surface area contributed by atoms with Gasteiger partial charge in [0.2, 0.25) is 0 Å². The van der Waals surface area contributed by atoms with E-state index in [9.17, 15) is 9.90 Å². The third kappa shape index (κ3) is 3.82. The van der Waals surface area contributed by atoms with Crippen molar-refractivity contribution in [1.29, 1.82) is 0 Å². The van der Waals surface area contributed by atoms with E-state index in [2.05, 4.69) is 21.2 Å². The third-order valence-corrected chi connectivity index (χ3v) is 3.77. The molecule has 1 aliphatic rings. The van der Waals surface area contributed by atoms with Crippen LogP contribution < -0.4 is 5.32 Å². The molecule has 0 heterocycles. The van der Waals surface area contributed by atoms with Crippen LogP contribution in [0.5, 0.6) is 0 Å². The summed E-state index contributed by atoms with van der Waals surface area (Å²) in [6, 6.07) is 0. The van der Waals surface area contributed by atoms with Crippen molar-refractivity contribution < 1.29 is 19.7 Å². The molecule has 3 N–H and O–H groups in total. The standard InChI is InChI=1S/C11H20BrNO4/c1-10(2,3)17-9(16)13-11(6-12)4-7(11)8(15)5-14/h7-8,14-15H,4-6H2,1-3H3,(H,13,16)/t7-,8+,11+/m0/s1. The molecule has 0 spiro atoms. The Bertz CT molecular complexity index is 292. The Morgan fingerprint density at radius 1 is 1.65 bits per heavy atom. The number of hydrogen-bond acceptors (Lipinski definition) is 4. The summed E-state index contributed by atoms with van der Waals surface area (Å²) < 4.78 is 5.16. The van der Waals surface area contributed by atoms with E-state index in [1.165, 1.54) is 0 Å². The van der Waals surface area contributed by atoms with E-state index in [-0.39, 0.29) is 12.5 Å². The van der Waals surface area contributed by atoms with Gasteiger partial charge in [0.15, 0.2) is 0 Å². The predicted octanol–water partition coefficient (Wildman–Crippen LogP) is 1.02. The molecule has 0 unspecified atom stereocenters. The summed E-state index contributed by atoms with van der Waals surface area (Å²) in [7, 11) is 0. The molecule has 17 heavy (non-hydrogen) atoms. The summed E-state index contributed by atoms with van der Waals surface area (Å²) in [4.78, 5) is 11.6. The van der Waals surface area contributed by atoms with E-state index in [0.717, 1.165) is 0 Å². The molecule has 0 aromatic rings. The minimum Gasteiger partial charge on any atom is -0.444 e. The molecule has 0 aliphatic heterocycles. The highest BCUT2D eigenvalue weighted by Crippen LogP contribution is 2.47. The van der Waals surface area contributed by atoms with Crippen molar-refractivity contribution in [3.05, 3.63) is 0 Å².